The lowest BCUT2D eigenvalue weighted by Crippen LogP contribution is -1.98. The molecule has 3 aromatic rings. The predicted octanol–water partition coefficient (Wildman–Crippen LogP) is 5.20. The van der Waals surface area contributed by atoms with Crippen LogP contribution in [0, 0.1) is 13.8 Å². The lowest BCUT2D eigenvalue weighted by molar-refractivity contribution is 0.314. The lowest BCUT2D eigenvalue weighted by Gasteiger charge is -2.12. The van der Waals surface area contributed by atoms with Gasteiger partial charge in [0.25, 0.3) is 0 Å². The molecule has 0 atom stereocenters. The van der Waals surface area contributed by atoms with Crippen LogP contribution in [0.1, 0.15) is 37.2 Å². The SMILES string of the molecule is CCCOc1ccc(-c2cc(C)c3nc(C)[nH]c3c2)cc1CC. The highest BCUT2D eigenvalue weighted by atomic mass is 16.5. The summed E-state index contributed by atoms with van der Waals surface area (Å²) >= 11 is 0. The van der Waals surface area contributed by atoms with Crippen LogP contribution in [0.15, 0.2) is 30.3 Å². The molecule has 23 heavy (non-hydrogen) atoms. The third kappa shape index (κ3) is 3.09. The smallest absolute Gasteiger partial charge is 0.122 e. The van der Waals surface area contributed by atoms with E-state index in [9.17, 15) is 0 Å². The zero-order valence-corrected chi connectivity index (χ0v) is 14.4. The van der Waals surface area contributed by atoms with Crippen LogP contribution in [0.2, 0.25) is 0 Å². The fraction of sp³-hybridized carbons (Fsp3) is 0.350. The molecule has 0 fully saturated rings. The largest absolute Gasteiger partial charge is 0.493 e. The molecular weight excluding hydrogens is 284 g/mol. The Morgan fingerprint density at radius 3 is 2.61 bits per heavy atom. The van der Waals surface area contributed by atoms with Gasteiger partial charge in [0.15, 0.2) is 0 Å². The van der Waals surface area contributed by atoms with Crippen LogP contribution in [0.5, 0.6) is 5.75 Å². The molecule has 120 valence electrons. The molecule has 1 aromatic heterocycles. The number of nitrogens with one attached hydrogen (secondary N) is 1. The third-order valence-corrected chi connectivity index (χ3v) is 4.13. The van der Waals surface area contributed by atoms with Crippen LogP contribution in [0.25, 0.3) is 22.2 Å². The molecule has 0 aliphatic carbocycles. The van der Waals surface area contributed by atoms with Crippen molar-refractivity contribution in [2.75, 3.05) is 6.61 Å². The highest BCUT2D eigenvalue weighted by molar-refractivity contribution is 5.85. The predicted molar refractivity (Wildman–Crippen MR) is 96.2 cm³/mol. The molecule has 3 heteroatoms. The molecule has 1 heterocycles. The summed E-state index contributed by atoms with van der Waals surface area (Å²) in [6.07, 6.45) is 2.00. The van der Waals surface area contributed by atoms with Crippen LogP contribution >= 0.6 is 0 Å². The molecule has 0 unspecified atom stereocenters. The first kappa shape index (κ1) is 15.6. The van der Waals surface area contributed by atoms with Gasteiger partial charge in [0.05, 0.1) is 17.6 Å². The molecule has 0 radical (unpaired) electrons. The number of nitrogens with zero attached hydrogens (tertiary/aromatic N) is 1. The van der Waals surface area contributed by atoms with E-state index in [1.54, 1.807) is 0 Å². The van der Waals surface area contributed by atoms with Crippen LogP contribution in [-0.2, 0) is 6.42 Å². The van der Waals surface area contributed by atoms with Crippen molar-refractivity contribution in [3.63, 3.8) is 0 Å². The van der Waals surface area contributed by atoms with Crippen molar-refractivity contribution in [1.29, 1.82) is 0 Å². The quantitative estimate of drug-likeness (QED) is 0.703. The van der Waals surface area contributed by atoms with Crippen LogP contribution in [0.3, 0.4) is 0 Å². The molecule has 3 rings (SSSR count). The summed E-state index contributed by atoms with van der Waals surface area (Å²) in [5.74, 6) is 1.96. The standard InChI is InChI=1S/C20H24N2O/c1-5-9-23-19-8-7-16(11-15(19)6-2)17-10-13(3)20-18(12-17)21-14(4)22-20/h7-8,10-12H,5-6,9H2,1-4H3,(H,21,22). The van der Waals surface area contributed by atoms with Gasteiger partial charge in [-0.05, 0) is 73.2 Å². The summed E-state index contributed by atoms with van der Waals surface area (Å²) in [6.45, 7) is 9.18. The first-order chi connectivity index (χ1) is 11.1. The van der Waals surface area contributed by atoms with Gasteiger partial charge in [-0.3, -0.25) is 0 Å². The maximum atomic E-state index is 5.85. The topological polar surface area (TPSA) is 37.9 Å². The van der Waals surface area contributed by atoms with Crippen LogP contribution < -0.4 is 4.74 Å². The number of aromatic amines is 1. The minimum atomic E-state index is 0.769. The molecule has 0 bridgehead atoms. The Balaban J connectivity index is 2.04. The van der Waals surface area contributed by atoms with Crippen molar-refractivity contribution in [2.24, 2.45) is 0 Å². The number of aryl methyl sites for hydroxylation is 3. The highest BCUT2D eigenvalue weighted by Crippen LogP contribution is 2.30. The van der Waals surface area contributed by atoms with Gasteiger partial charge in [0.2, 0.25) is 0 Å². The Labute approximate surface area is 137 Å². The van der Waals surface area contributed by atoms with Gasteiger partial charge in [0, 0.05) is 0 Å². The average Bonchev–Trinajstić information content (AvgIpc) is 2.93. The van der Waals surface area contributed by atoms with Gasteiger partial charge in [-0.2, -0.15) is 0 Å². The first-order valence-electron chi connectivity index (χ1n) is 8.35. The number of hydrogen-bond donors (Lipinski definition) is 1. The van der Waals surface area contributed by atoms with Crippen molar-refractivity contribution in [3.8, 4) is 16.9 Å². The average molecular weight is 308 g/mol. The Kier molecular flexibility index (Phi) is 4.37. The van der Waals surface area contributed by atoms with Gasteiger partial charge in [-0.15, -0.1) is 0 Å². The van der Waals surface area contributed by atoms with Crippen LogP contribution in [-0.4, -0.2) is 16.6 Å². The second-order valence-corrected chi connectivity index (χ2v) is 6.04. The van der Waals surface area contributed by atoms with E-state index in [1.165, 1.54) is 22.3 Å². The van der Waals surface area contributed by atoms with Crippen molar-refractivity contribution >= 4 is 11.0 Å². The van der Waals surface area contributed by atoms with E-state index < -0.39 is 0 Å². The molecule has 0 aliphatic heterocycles. The lowest BCUT2D eigenvalue weighted by atomic mass is 9.99. The second-order valence-electron chi connectivity index (χ2n) is 6.04. The van der Waals surface area contributed by atoms with Crippen molar-refractivity contribution in [1.82, 2.24) is 9.97 Å². The van der Waals surface area contributed by atoms with Crippen molar-refractivity contribution in [2.45, 2.75) is 40.5 Å². The maximum Gasteiger partial charge on any atom is 0.122 e. The van der Waals surface area contributed by atoms with E-state index in [0.717, 1.165) is 42.1 Å². The molecule has 0 spiro atoms. The van der Waals surface area contributed by atoms with Gasteiger partial charge in [0.1, 0.15) is 11.6 Å². The van der Waals surface area contributed by atoms with E-state index >= 15 is 0 Å². The monoisotopic (exact) mass is 308 g/mol. The molecule has 3 nitrogen and oxygen atoms in total. The second kappa shape index (κ2) is 6.45. The van der Waals surface area contributed by atoms with Gasteiger partial charge in [-0.25, -0.2) is 4.98 Å². The third-order valence-electron chi connectivity index (χ3n) is 4.13. The Hall–Kier alpha value is -2.29. The minimum absolute atomic E-state index is 0.769. The summed E-state index contributed by atoms with van der Waals surface area (Å²) < 4.78 is 5.85. The number of benzene rings is 2. The Morgan fingerprint density at radius 2 is 1.87 bits per heavy atom. The highest BCUT2D eigenvalue weighted by Gasteiger charge is 2.09. The van der Waals surface area contributed by atoms with Crippen molar-refractivity contribution < 1.29 is 4.74 Å². The maximum absolute atomic E-state index is 5.85. The first-order valence-corrected chi connectivity index (χ1v) is 8.35. The molecule has 0 aliphatic rings. The summed E-state index contributed by atoms with van der Waals surface area (Å²) in [5, 5.41) is 0. The number of hydrogen-bond acceptors (Lipinski definition) is 2. The fourth-order valence-corrected chi connectivity index (χ4v) is 2.97. The number of imidazole rings is 1. The molecular formula is C20H24N2O. The van der Waals surface area contributed by atoms with E-state index in [-0.39, 0.29) is 0 Å². The van der Waals surface area contributed by atoms with Gasteiger partial charge < -0.3 is 9.72 Å². The summed E-state index contributed by atoms with van der Waals surface area (Å²) in [4.78, 5) is 7.89. The van der Waals surface area contributed by atoms with Crippen molar-refractivity contribution in [3.05, 3.63) is 47.3 Å². The zero-order valence-electron chi connectivity index (χ0n) is 14.4. The molecule has 1 N–H and O–H groups in total. The van der Waals surface area contributed by atoms with E-state index in [0.29, 0.717) is 0 Å². The minimum Gasteiger partial charge on any atom is -0.493 e. The molecule has 2 aromatic carbocycles. The van der Waals surface area contributed by atoms with Gasteiger partial charge >= 0.3 is 0 Å². The molecule has 0 amide bonds. The Morgan fingerprint density at radius 1 is 1.04 bits per heavy atom. The molecule has 0 saturated carbocycles. The van der Waals surface area contributed by atoms with Gasteiger partial charge in [-0.1, -0.05) is 19.9 Å². The fourth-order valence-electron chi connectivity index (χ4n) is 2.97. The number of aromatic nitrogens is 2. The summed E-state index contributed by atoms with van der Waals surface area (Å²) in [7, 11) is 0. The van der Waals surface area contributed by atoms with E-state index in [2.05, 4.69) is 61.1 Å². The number of rotatable bonds is 5. The number of H-pyrrole nitrogens is 1. The Bertz CT molecular complexity index is 833. The molecule has 0 saturated heterocycles. The normalized spacial score (nSPS) is 11.1. The number of fused-ring (bicyclic) bond motifs is 1. The number of ether oxygens (including phenoxy) is 1. The van der Waals surface area contributed by atoms with E-state index in [1.807, 2.05) is 6.92 Å². The zero-order chi connectivity index (χ0) is 16.4. The summed E-state index contributed by atoms with van der Waals surface area (Å²) in [6, 6.07) is 10.9. The summed E-state index contributed by atoms with van der Waals surface area (Å²) in [5.41, 5.74) is 7.06. The van der Waals surface area contributed by atoms with E-state index in [4.69, 9.17) is 4.74 Å². The van der Waals surface area contributed by atoms with Crippen LogP contribution in [0.4, 0.5) is 0 Å².